The number of hydrogen-bond donors (Lipinski definition) is 4. The highest BCUT2D eigenvalue weighted by atomic mass is 16.5. The third-order valence-corrected chi connectivity index (χ3v) is 0.843. The first kappa shape index (κ1) is 15.2. The molecule has 0 atom stereocenters. The zero-order valence-corrected chi connectivity index (χ0v) is 8.03. The molecule has 0 unspecified atom stereocenters. The molecule has 0 fully saturated rings. The van der Waals surface area contributed by atoms with Gasteiger partial charge in [0, 0.05) is 0 Å². The van der Waals surface area contributed by atoms with E-state index in [2.05, 4.69) is 11.3 Å². The lowest BCUT2D eigenvalue weighted by molar-refractivity contribution is 0.0222. The van der Waals surface area contributed by atoms with Gasteiger partial charge in [0.15, 0.2) is 0 Å². The zero-order valence-electron chi connectivity index (χ0n) is 8.03. The van der Waals surface area contributed by atoms with Crippen LogP contribution in [0.5, 0.6) is 0 Å². The van der Waals surface area contributed by atoms with E-state index in [-0.39, 0.29) is 13.2 Å². The second kappa shape index (κ2) is 17.7. The minimum atomic E-state index is 0.0417. The number of aliphatic hydroxyl groups is 2. The third kappa shape index (κ3) is 24.5. The number of rotatable bonds is 7. The van der Waals surface area contributed by atoms with Gasteiger partial charge >= 0.3 is 0 Å². The Hall–Kier alpha value is -0.240. The minimum absolute atomic E-state index is 0.0417. The standard InChI is InChI=1S/C6H14O4.CH6N2/c7-1-3-9-5-6-10-4-2-8;1-3-2/h7-8H,1-6H2;3H,2H2,1H3. The zero-order chi connectivity index (χ0) is 10.4. The highest BCUT2D eigenvalue weighted by Gasteiger charge is 1.86. The molecule has 0 bridgehead atoms. The summed E-state index contributed by atoms with van der Waals surface area (Å²) in [6.07, 6.45) is 0. The van der Waals surface area contributed by atoms with Crippen LogP contribution in [-0.4, -0.2) is 56.9 Å². The van der Waals surface area contributed by atoms with Gasteiger partial charge in [-0.1, -0.05) is 0 Å². The van der Waals surface area contributed by atoms with E-state index in [0.717, 1.165) is 0 Å². The first-order chi connectivity index (χ1) is 6.33. The van der Waals surface area contributed by atoms with E-state index in [1.807, 2.05) is 0 Å². The van der Waals surface area contributed by atoms with E-state index in [1.165, 1.54) is 0 Å². The fraction of sp³-hybridized carbons (Fsp3) is 1.00. The summed E-state index contributed by atoms with van der Waals surface area (Å²) in [4.78, 5) is 0. The molecule has 0 aromatic rings. The first-order valence-electron chi connectivity index (χ1n) is 4.08. The van der Waals surface area contributed by atoms with Crippen LogP contribution < -0.4 is 11.3 Å². The van der Waals surface area contributed by atoms with Gasteiger partial charge in [-0.05, 0) is 7.05 Å². The lowest BCUT2D eigenvalue weighted by Gasteiger charge is -2.01. The van der Waals surface area contributed by atoms with E-state index < -0.39 is 0 Å². The van der Waals surface area contributed by atoms with Crippen LogP contribution >= 0.6 is 0 Å². The van der Waals surface area contributed by atoms with Crippen LogP contribution in [0.3, 0.4) is 0 Å². The van der Waals surface area contributed by atoms with Crippen LogP contribution in [0, 0.1) is 0 Å². The molecule has 13 heavy (non-hydrogen) atoms. The summed E-state index contributed by atoms with van der Waals surface area (Å²) in [7, 11) is 1.65. The summed E-state index contributed by atoms with van der Waals surface area (Å²) >= 11 is 0. The maximum atomic E-state index is 8.26. The van der Waals surface area contributed by atoms with Gasteiger partial charge in [0.25, 0.3) is 0 Å². The van der Waals surface area contributed by atoms with Crippen molar-refractivity contribution in [3.8, 4) is 0 Å². The molecule has 5 N–H and O–H groups in total. The molecule has 0 heterocycles. The predicted octanol–water partition coefficient (Wildman–Crippen LogP) is -1.92. The average molecular weight is 196 g/mol. The summed E-state index contributed by atoms with van der Waals surface area (Å²) in [5.41, 5.74) is 2.25. The van der Waals surface area contributed by atoms with Crippen molar-refractivity contribution in [2.75, 3.05) is 46.7 Å². The molecular weight excluding hydrogens is 176 g/mol. The Morgan fingerprint density at radius 1 is 1.00 bits per heavy atom. The van der Waals surface area contributed by atoms with Crippen LogP contribution in [0.25, 0.3) is 0 Å². The highest BCUT2D eigenvalue weighted by molar-refractivity contribution is 4.30. The second-order valence-corrected chi connectivity index (χ2v) is 1.96. The molecule has 6 heteroatoms. The van der Waals surface area contributed by atoms with Crippen molar-refractivity contribution in [3.05, 3.63) is 0 Å². The largest absolute Gasteiger partial charge is 0.394 e. The quantitative estimate of drug-likeness (QED) is 0.215. The molecule has 0 radical (unpaired) electrons. The maximum absolute atomic E-state index is 8.26. The molecule has 0 saturated carbocycles. The topological polar surface area (TPSA) is 97.0 Å². The molecule has 82 valence electrons. The molecule has 0 aliphatic heterocycles. The lowest BCUT2D eigenvalue weighted by atomic mass is 10.7. The van der Waals surface area contributed by atoms with E-state index in [1.54, 1.807) is 7.05 Å². The summed E-state index contributed by atoms with van der Waals surface area (Å²) in [6, 6.07) is 0. The Morgan fingerprint density at radius 3 is 1.54 bits per heavy atom. The summed E-state index contributed by atoms with van der Waals surface area (Å²) in [5, 5.41) is 16.5. The van der Waals surface area contributed by atoms with Gasteiger partial charge in [-0.2, -0.15) is 0 Å². The summed E-state index contributed by atoms with van der Waals surface area (Å²) in [5.74, 6) is 4.60. The molecule has 0 saturated heterocycles. The number of aliphatic hydroxyl groups excluding tert-OH is 2. The molecule has 0 aliphatic rings. The van der Waals surface area contributed by atoms with E-state index >= 15 is 0 Å². The number of hydrazine groups is 1. The van der Waals surface area contributed by atoms with Crippen LogP contribution in [0.2, 0.25) is 0 Å². The van der Waals surface area contributed by atoms with Crippen LogP contribution in [0.1, 0.15) is 0 Å². The van der Waals surface area contributed by atoms with Crippen molar-refractivity contribution in [2.24, 2.45) is 5.84 Å². The Balaban J connectivity index is 0. The fourth-order valence-electron chi connectivity index (χ4n) is 0.451. The Kier molecular flexibility index (Phi) is 20.8. The van der Waals surface area contributed by atoms with Crippen LogP contribution in [0.15, 0.2) is 0 Å². The number of nitrogens with two attached hydrogens (primary N) is 1. The van der Waals surface area contributed by atoms with E-state index in [9.17, 15) is 0 Å². The SMILES string of the molecule is CNN.OCCOCCOCCO. The van der Waals surface area contributed by atoms with Gasteiger partial charge in [-0.3, -0.25) is 11.3 Å². The van der Waals surface area contributed by atoms with Gasteiger partial charge in [0.05, 0.1) is 39.6 Å². The van der Waals surface area contributed by atoms with E-state index in [4.69, 9.17) is 19.7 Å². The molecular formula is C7H20N2O4. The Bertz CT molecular complexity index is 67.5. The van der Waals surface area contributed by atoms with E-state index in [0.29, 0.717) is 26.4 Å². The monoisotopic (exact) mass is 196 g/mol. The number of ether oxygens (including phenoxy) is 2. The van der Waals surface area contributed by atoms with Gasteiger partial charge in [0.1, 0.15) is 0 Å². The van der Waals surface area contributed by atoms with Gasteiger partial charge in [-0.15, -0.1) is 0 Å². The van der Waals surface area contributed by atoms with Crippen molar-refractivity contribution in [3.63, 3.8) is 0 Å². The maximum Gasteiger partial charge on any atom is 0.0701 e. The van der Waals surface area contributed by atoms with Crippen LogP contribution in [-0.2, 0) is 9.47 Å². The molecule has 0 rings (SSSR count). The molecule has 6 nitrogen and oxygen atoms in total. The molecule has 0 amide bonds. The van der Waals surface area contributed by atoms with Gasteiger partial charge in [0.2, 0.25) is 0 Å². The van der Waals surface area contributed by atoms with Crippen molar-refractivity contribution < 1.29 is 19.7 Å². The lowest BCUT2D eigenvalue weighted by Crippen LogP contribution is -2.13. The van der Waals surface area contributed by atoms with Crippen molar-refractivity contribution in [2.45, 2.75) is 0 Å². The Morgan fingerprint density at radius 2 is 1.31 bits per heavy atom. The molecule has 0 aromatic carbocycles. The normalized spacial score (nSPS) is 9.23. The predicted molar refractivity (Wildman–Crippen MR) is 49.1 cm³/mol. The van der Waals surface area contributed by atoms with Crippen molar-refractivity contribution in [1.82, 2.24) is 5.43 Å². The molecule has 0 aliphatic carbocycles. The van der Waals surface area contributed by atoms with Gasteiger partial charge in [-0.25, -0.2) is 0 Å². The minimum Gasteiger partial charge on any atom is -0.394 e. The highest BCUT2D eigenvalue weighted by Crippen LogP contribution is 1.76. The Labute approximate surface area is 78.6 Å². The molecule has 0 aromatic heterocycles. The number of nitrogens with one attached hydrogen (secondary N) is 1. The first-order valence-corrected chi connectivity index (χ1v) is 4.08. The smallest absolute Gasteiger partial charge is 0.0701 e. The van der Waals surface area contributed by atoms with Crippen LogP contribution in [0.4, 0.5) is 0 Å². The number of hydrogen-bond acceptors (Lipinski definition) is 6. The third-order valence-electron chi connectivity index (χ3n) is 0.843. The second-order valence-electron chi connectivity index (χ2n) is 1.96. The summed E-state index contributed by atoms with van der Waals surface area (Å²) < 4.78 is 9.75. The van der Waals surface area contributed by atoms with Crippen molar-refractivity contribution in [1.29, 1.82) is 0 Å². The van der Waals surface area contributed by atoms with Gasteiger partial charge < -0.3 is 19.7 Å². The molecule has 0 spiro atoms. The average Bonchev–Trinajstić information content (AvgIpc) is 2.13. The fourth-order valence-corrected chi connectivity index (χ4v) is 0.451. The summed E-state index contributed by atoms with van der Waals surface area (Å²) in [6.45, 7) is 1.73. The van der Waals surface area contributed by atoms with Crippen molar-refractivity contribution >= 4 is 0 Å².